The standard InChI is InChI=1S/C18H13BrN4O4S/c1-23-18(25)11-5-3-2-4-10(11)12(22-23)8-16(24)26-9-15-20-21-17(27-15)13-6-7-14(19)28-13/h2-7H,8-9H2,1H3. The molecule has 0 N–H and O–H groups in total. The molecule has 28 heavy (non-hydrogen) atoms. The molecule has 0 saturated heterocycles. The van der Waals surface area contributed by atoms with E-state index in [1.165, 1.54) is 16.0 Å². The van der Waals surface area contributed by atoms with Gasteiger partial charge in [0, 0.05) is 12.4 Å². The summed E-state index contributed by atoms with van der Waals surface area (Å²) < 4.78 is 12.9. The molecule has 0 spiro atoms. The molecule has 1 aromatic carbocycles. The molecule has 0 aliphatic rings. The average molecular weight is 461 g/mol. The minimum Gasteiger partial charge on any atom is -0.455 e. The van der Waals surface area contributed by atoms with Gasteiger partial charge in [-0.25, -0.2) is 4.68 Å². The Kier molecular flexibility index (Phi) is 5.05. The second-order valence-corrected chi connectivity index (χ2v) is 8.33. The van der Waals surface area contributed by atoms with Crippen LogP contribution in [0.1, 0.15) is 11.6 Å². The van der Waals surface area contributed by atoms with Crippen LogP contribution in [0, 0.1) is 0 Å². The van der Waals surface area contributed by atoms with Gasteiger partial charge in [0.15, 0.2) is 6.61 Å². The molecule has 8 nitrogen and oxygen atoms in total. The monoisotopic (exact) mass is 460 g/mol. The number of ether oxygens (including phenoxy) is 1. The van der Waals surface area contributed by atoms with Crippen LogP contribution in [0.2, 0.25) is 0 Å². The molecule has 0 aliphatic carbocycles. The topological polar surface area (TPSA) is 100 Å². The van der Waals surface area contributed by atoms with Gasteiger partial charge in [-0.05, 0) is 34.1 Å². The van der Waals surface area contributed by atoms with Gasteiger partial charge in [-0.15, -0.1) is 21.5 Å². The van der Waals surface area contributed by atoms with Gasteiger partial charge >= 0.3 is 5.97 Å². The normalized spacial score (nSPS) is 11.1. The molecule has 3 heterocycles. The molecule has 0 fully saturated rings. The summed E-state index contributed by atoms with van der Waals surface area (Å²) in [4.78, 5) is 25.2. The molecule has 4 aromatic rings. The van der Waals surface area contributed by atoms with Crippen molar-refractivity contribution >= 4 is 44.0 Å². The zero-order valence-corrected chi connectivity index (χ0v) is 17.0. The number of esters is 1. The molecule has 3 aromatic heterocycles. The number of carbonyl (C=O) groups is 1. The number of halogens is 1. The number of thiophene rings is 1. The number of carbonyl (C=O) groups excluding carboxylic acids is 1. The van der Waals surface area contributed by atoms with E-state index >= 15 is 0 Å². The van der Waals surface area contributed by atoms with Crippen molar-refractivity contribution in [1.82, 2.24) is 20.0 Å². The van der Waals surface area contributed by atoms with Crippen molar-refractivity contribution in [1.29, 1.82) is 0 Å². The molecule has 10 heteroatoms. The first-order chi connectivity index (χ1) is 13.5. The Balaban J connectivity index is 1.46. The third-order valence-electron chi connectivity index (χ3n) is 3.95. The number of hydrogen-bond donors (Lipinski definition) is 0. The van der Waals surface area contributed by atoms with Crippen LogP contribution in [0.25, 0.3) is 21.5 Å². The molecular formula is C18H13BrN4O4S. The summed E-state index contributed by atoms with van der Waals surface area (Å²) in [6, 6.07) is 10.8. The van der Waals surface area contributed by atoms with Crippen LogP contribution >= 0.6 is 27.3 Å². The van der Waals surface area contributed by atoms with Gasteiger partial charge in [0.1, 0.15) is 0 Å². The lowest BCUT2D eigenvalue weighted by molar-refractivity contribution is -0.144. The van der Waals surface area contributed by atoms with E-state index in [-0.39, 0.29) is 24.5 Å². The van der Waals surface area contributed by atoms with E-state index in [4.69, 9.17) is 9.15 Å². The Bertz CT molecular complexity index is 1230. The molecule has 142 valence electrons. The second-order valence-electron chi connectivity index (χ2n) is 5.86. The van der Waals surface area contributed by atoms with E-state index in [2.05, 4.69) is 31.2 Å². The van der Waals surface area contributed by atoms with E-state index in [1.54, 1.807) is 31.3 Å². The summed E-state index contributed by atoms with van der Waals surface area (Å²) in [7, 11) is 1.55. The highest BCUT2D eigenvalue weighted by Gasteiger charge is 2.16. The largest absolute Gasteiger partial charge is 0.455 e. The lowest BCUT2D eigenvalue weighted by Gasteiger charge is -2.07. The fourth-order valence-corrected chi connectivity index (χ4v) is 3.98. The van der Waals surface area contributed by atoms with Crippen LogP contribution in [-0.4, -0.2) is 25.9 Å². The SMILES string of the molecule is Cn1nc(CC(=O)OCc2nnc(-c3ccc(Br)s3)o2)c2ccccc2c1=O. The summed E-state index contributed by atoms with van der Waals surface area (Å²) in [6.45, 7) is -0.137. The highest BCUT2D eigenvalue weighted by Crippen LogP contribution is 2.30. The first-order valence-electron chi connectivity index (χ1n) is 8.20. The maximum Gasteiger partial charge on any atom is 0.312 e. The number of rotatable bonds is 5. The zero-order chi connectivity index (χ0) is 19.7. The van der Waals surface area contributed by atoms with Crippen LogP contribution in [0.3, 0.4) is 0 Å². The van der Waals surface area contributed by atoms with E-state index in [9.17, 15) is 9.59 Å². The average Bonchev–Trinajstić information content (AvgIpc) is 3.33. The summed E-state index contributed by atoms with van der Waals surface area (Å²) in [5.41, 5.74) is 0.253. The van der Waals surface area contributed by atoms with Crippen LogP contribution in [0.5, 0.6) is 0 Å². The Hall–Kier alpha value is -2.85. The quantitative estimate of drug-likeness (QED) is 0.421. The predicted molar refractivity (Wildman–Crippen MR) is 106 cm³/mol. The van der Waals surface area contributed by atoms with E-state index in [1.807, 2.05) is 12.1 Å². The molecule has 4 rings (SSSR count). The summed E-state index contributed by atoms with van der Waals surface area (Å²) in [5.74, 6) is 0.0635. The van der Waals surface area contributed by atoms with Gasteiger partial charge in [0.25, 0.3) is 17.3 Å². The van der Waals surface area contributed by atoms with E-state index < -0.39 is 5.97 Å². The minimum atomic E-state index is -0.505. The van der Waals surface area contributed by atoms with Crippen LogP contribution < -0.4 is 5.56 Å². The third-order valence-corrected chi connectivity index (χ3v) is 5.56. The van der Waals surface area contributed by atoms with Crippen molar-refractivity contribution in [3.63, 3.8) is 0 Å². The second kappa shape index (κ2) is 7.64. The van der Waals surface area contributed by atoms with Crippen molar-refractivity contribution in [3.05, 3.63) is 62.1 Å². The zero-order valence-electron chi connectivity index (χ0n) is 14.6. The van der Waals surface area contributed by atoms with E-state index in [0.29, 0.717) is 22.4 Å². The fourth-order valence-electron chi connectivity index (χ4n) is 2.68. The number of aryl methyl sites for hydroxylation is 1. The number of benzene rings is 1. The van der Waals surface area contributed by atoms with Gasteiger partial charge in [-0.2, -0.15) is 5.10 Å². The number of aromatic nitrogens is 4. The Morgan fingerprint density at radius 3 is 2.75 bits per heavy atom. The van der Waals surface area contributed by atoms with Gasteiger partial charge in [-0.3, -0.25) is 9.59 Å². The fraction of sp³-hybridized carbons (Fsp3) is 0.167. The highest BCUT2D eigenvalue weighted by atomic mass is 79.9. The summed E-state index contributed by atoms with van der Waals surface area (Å²) in [6.07, 6.45) is -0.0759. The Labute approximate surface area is 170 Å². The first-order valence-corrected chi connectivity index (χ1v) is 9.81. The van der Waals surface area contributed by atoms with Crippen molar-refractivity contribution in [3.8, 4) is 10.8 Å². The molecule has 0 unspecified atom stereocenters. The number of fused-ring (bicyclic) bond motifs is 1. The van der Waals surface area contributed by atoms with Crippen LogP contribution in [-0.2, 0) is 29.6 Å². The summed E-state index contributed by atoms with van der Waals surface area (Å²) in [5, 5.41) is 13.2. The lowest BCUT2D eigenvalue weighted by Crippen LogP contribution is -2.22. The maximum absolute atomic E-state index is 12.3. The maximum atomic E-state index is 12.3. The van der Waals surface area contributed by atoms with Gasteiger partial charge < -0.3 is 9.15 Å². The molecule has 0 atom stereocenters. The Morgan fingerprint density at radius 2 is 2.00 bits per heavy atom. The van der Waals surface area contributed by atoms with Crippen molar-refractivity contribution in [2.24, 2.45) is 7.05 Å². The van der Waals surface area contributed by atoms with Crippen molar-refractivity contribution in [2.75, 3.05) is 0 Å². The first kappa shape index (κ1) is 18.5. The molecule has 0 bridgehead atoms. The highest BCUT2D eigenvalue weighted by molar-refractivity contribution is 9.11. The molecule has 0 saturated carbocycles. The van der Waals surface area contributed by atoms with Gasteiger partial charge in [-0.1, -0.05) is 18.2 Å². The predicted octanol–water partition coefficient (Wildman–Crippen LogP) is 3.09. The number of hydrogen-bond acceptors (Lipinski definition) is 8. The molecule has 0 amide bonds. The van der Waals surface area contributed by atoms with Gasteiger partial charge in [0.2, 0.25) is 0 Å². The van der Waals surface area contributed by atoms with Gasteiger partial charge in [0.05, 0.1) is 26.2 Å². The molecule has 0 radical (unpaired) electrons. The van der Waals surface area contributed by atoms with Crippen molar-refractivity contribution in [2.45, 2.75) is 13.0 Å². The third kappa shape index (κ3) is 3.73. The van der Waals surface area contributed by atoms with Crippen molar-refractivity contribution < 1.29 is 13.9 Å². The molecular weight excluding hydrogens is 448 g/mol. The number of nitrogens with zero attached hydrogens (tertiary/aromatic N) is 4. The summed E-state index contributed by atoms with van der Waals surface area (Å²) >= 11 is 4.84. The minimum absolute atomic E-state index is 0.0759. The lowest BCUT2D eigenvalue weighted by atomic mass is 10.1. The van der Waals surface area contributed by atoms with Crippen LogP contribution in [0.4, 0.5) is 0 Å². The molecule has 0 aliphatic heterocycles. The smallest absolute Gasteiger partial charge is 0.312 e. The van der Waals surface area contributed by atoms with E-state index in [0.717, 1.165) is 8.66 Å². The van der Waals surface area contributed by atoms with Crippen LogP contribution in [0.15, 0.2) is 49.4 Å². The Morgan fingerprint density at radius 1 is 1.21 bits per heavy atom.